The van der Waals surface area contributed by atoms with Crippen LogP contribution in [0.1, 0.15) is 25.0 Å². The zero-order chi connectivity index (χ0) is 20.6. The minimum Gasteiger partial charge on any atom is -0.441 e. The van der Waals surface area contributed by atoms with E-state index in [2.05, 4.69) is 38.8 Å². The van der Waals surface area contributed by atoms with E-state index in [1.165, 1.54) is 6.42 Å². The second-order valence-corrected chi connectivity index (χ2v) is 8.89. The number of amides is 1. The maximum absolute atomic E-state index is 12.5. The first-order valence-corrected chi connectivity index (χ1v) is 10.6. The highest BCUT2D eigenvalue weighted by atomic mass is 16.6. The molecule has 2 N–H and O–H groups in total. The minimum absolute atomic E-state index is 0.163. The van der Waals surface area contributed by atoms with E-state index in [0.29, 0.717) is 18.5 Å². The van der Waals surface area contributed by atoms with Gasteiger partial charge in [0.15, 0.2) is 0 Å². The molecule has 3 fully saturated rings. The highest BCUT2D eigenvalue weighted by Crippen LogP contribution is 2.34. The van der Waals surface area contributed by atoms with Gasteiger partial charge in [-0.3, -0.25) is 4.90 Å². The van der Waals surface area contributed by atoms with E-state index in [1.807, 2.05) is 17.9 Å². The zero-order valence-electron chi connectivity index (χ0n) is 17.8. The van der Waals surface area contributed by atoms with Gasteiger partial charge < -0.3 is 25.2 Å². The predicted molar refractivity (Wildman–Crippen MR) is 112 cm³/mol. The van der Waals surface area contributed by atoms with Crippen LogP contribution in [0, 0.1) is 6.92 Å². The zero-order valence-corrected chi connectivity index (χ0v) is 17.8. The number of aromatic nitrogens is 2. The topological polar surface area (TPSA) is 91.1 Å². The van der Waals surface area contributed by atoms with Crippen LogP contribution in [0.3, 0.4) is 0 Å². The molecule has 0 radical (unpaired) electrons. The van der Waals surface area contributed by atoms with E-state index in [4.69, 9.17) is 10.5 Å². The molecule has 1 atom stereocenters. The molecular formula is C20H33N7O2. The monoisotopic (exact) mass is 403 g/mol. The van der Waals surface area contributed by atoms with Gasteiger partial charge in [-0.2, -0.15) is 4.98 Å². The van der Waals surface area contributed by atoms with Crippen molar-refractivity contribution in [3.8, 4) is 0 Å². The van der Waals surface area contributed by atoms with E-state index < -0.39 is 0 Å². The highest BCUT2D eigenvalue weighted by molar-refractivity contribution is 5.70. The van der Waals surface area contributed by atoms with Crippen molar-refractivity contribution >= 4 is 17.9 Å². The van der Waals surface area contributed by atoms with Crippen LogP contribution < -0.4 is 10.6 Å². The number of carbonyl (C=O) groups excluding carboxylic acids is 1. The molecule has 0 bridgehead atoms. The summed E-state index contributed by atoms with van der Waals surface area (Å²) in [6, 6.07) is 2.58. The summed E-state index contributed by atoms with van der Waals surface area (Å²) >= 11 is 0. The molecule has 1 aromatic heterocycles. The molecular weight excluding hydrogens is 370 g/mol. The molecule has 3 aliphatic rings. The van der Waals surface area contributed by atoms with Crippen molar-refractivity contribution in [2.24, 2.45) is 0 Å². The summed E-state index contributed by atoms with van der Waals surface area (Å²) < 4.78 is 5.88. The van der Waals surface area contributed by atoms with Crippen molar-refractivity contribution in [2.75, 3.05) is 70.5 Å². The fraction of sp³-hybridized carbons (Fsp3) is 0.750. The third-order valence-corrected chi connectivity index (χ3v) is 6.56. The normalized spacial score (nSPS) is 24.7. The van der Waals surface area contributed by atoms with Crippen LogP contribution in [-0.4, -0.2) is 102 Å². The summed E-state index contributed by atoms with van der Waals surface area (Å²) in [5.74, 6) is 1.16. The second kappa shape index (κ2) is 7.95. The highest BCUT2D eigenvalue weighted by Gasteiger charge is 2.47. The average Bonchev–Trinajstić information content (AvgIpc) is 3.25. The van der Waals surface area contributed by atoms with E-state index in [-0.39, 0.29) is 11.7 Å². The van der Waals surface area contributed by atoms with Crippen LogP contribution in [0.15, 0.2) is 6.07 Å². The van der Waals surface area contributed by atoms with Gasteiger partial charge in [0, 0.05) is 63.4 Å². The van der Waals surface area contributed by atoms with Crippen LogP contribution in [-0.2, 0) is 4.74 Å². The smallest absolute Gasteiger partial charge is 0.410 e. The van der Waals surface area contributed by atoms with Gasteiger partial charge in [0.1, 0.15) is 11.4 Å². The Kier molecular flexibility index (Phi) is 5.52. The lowest BCUT2D eigenvalue weighted by Gasteiger charge is -2.38. The first kappa shape index (κ1) is 20.2. The molecule has 0 aliphatic carbocycles. The molecule has 0 aromatic carbocycles. The van der Waals surface area contributed by atoms with E-state index in [9.17, 15) is 4.79 Å². The Hall–Kier alpha value is -2.13. The molecule has 160 valence electrons. The summed E-state index contributed by atoms with van der Waals surface area (Å²) in [5.41, 5.74) is 6.30. The van der Waals surface area contributed by atoms with E-state index >= 15 is 0 Å². The lowest BCUT2D eigenvalue weighted by atomic mass is 9.91. The number of hydrogen-bond donors (Lipinski definition) is 1. The number of anilines is 2. The summed E-state index contributed by atoms with van der Waals surface area (Å²) in [5, 5.41) is 0. The number of aryl methyl sites for hydroxylation is 1. The predicted octanol–water partition coefficient (Wildman–Crippen LogP) is 0.794. The Labute approximate surface area is 172 Å². The maximum atomic E-state index is 12.5. The lowest BCUT2D eigenvalue weighted by Crippen LogP contribution is -2.47. The number of likely N-dealkylation sites (N-methyl/N-ethyl adjacent to an activating group) is 1. The number of hydrogen-bond acceptors (Lipinski definition) is 8. The molecule has 9 nitrogen and oxygen atoms in total. The van der Waals surface area contributed by atoms with Crippen molar-refractivity contribution in [3.05, 3.63) is 11.8 Å². The number of ether oxygens (including phenoxy) is 1. The number of nitrogens with zero attached hydrogens (tertiary/aromatic N) is 6. The number of nitrogen functional groups attached to an aromatic ring is 1. The van der Waals surface area contributed by atoms with Crippen LogP contribution in [0.5, 0.6) is 0 Å². The number of piperidine rings is 1. The first-order chi connectivity index (χ1) is 13.8. The minimum atomic E-state index is -0.363. The molecule has 4 rings (SSSR count). The fourth-order valence-corrected chi connectivity index (χ4v) is 4.70. The Morgan fingerprint density at radius 1 is 1.24 bits per heavy atom. The third kappa shape index (κ3) is 4.40. The van der Waals surface area contributed by atoms with E-state index in [0.717, 1.165) is 63.6 Å². The van der Waals surface area contributed by atoms with E-state index in [1.54, 1.807) is 0 Å². The molecule has 9 heteroatoms. The Balaban J connectivity index is 1.29. The molecule has 4 heterocycles. The molecule has 1 aromatic rings. The van der Waals surface area contributed by atoms with Crippen molar-refractivity contribution in [2.45, 2.75) is 37.8 Å². The van der Waals surface area contributed by atoms with Crippen molar-refractivity contribution in [3.63, 3.8) is 0 Å². The largest absolute Gasteiger partial charge is 0.441 e. The van der Waals surface area contributed by atoms with Gasteiger partial charge in [-0.25, -0.2) is 9.78 Å². The van der Waals surface area contributed by atoms with Crippen LogP contribution in [0.2, 0.25) is 0 Å². The third-order valence-electron chi connectivity index (χ3n) is 6.56. The Bertz CT molecular complexity index is 728. The van der Waals surface area contributed by atoms with Crippen LogP contribution in [0.25, 0.3) is 0 Å². The van der Waals surface area contributed by atoms with Crippen LogP contribution in [0.4, 0.5) is 16.6 Å². The first-order valence-electron chi connectivity index (χ1n) is 10.6. The van der Waals surface area contributed by atoms with Crippen molar-refractivity contribution in [1.82, 2.24) is 24.7 Å². The standard InChI is InChI=1S/C20H33N7O2/c1-15-12-17(23-18(21)22-15)26-8-5-20(6-9-26)14-27(19(28)29-20)11-10-25-7-4-16(13-25)24(2)3/h12,16H,4-11,13-14H2,1-3H3,(H2,21,22,23)/t16-/m1/s1. The Morgan fingerprint density at radius 2 is 2.00 bits per heavy atom. The molecule has 1 spiro atoms. The molecule has 1 amide bonds. The van der Waals surface area contributed by atoms with Gasteiger partial charge >= 0.3 is 6.09 Å². The number of nitrogens with two attached hydrogens (primary N) is 1. The van der Waals surface area contributed by atoms with Crippen molar-refractivity contribution in [1.29, 1.82) is 0 Å². The fourth-order valence-electron chi connectivity index (χ4n) is 4.70. The molecule has 29 heavy (non-hydrogen) atoms. The van der Waals surface area contributed by atoms with Gasteiger partial charge in [0.25, 0.3) is 0 Å². The quantitative estimate of drug-likeness (QED) is 0.772. The van der Waals surface area contributed by atoms with Crippen molar-refractivity contribution < 1.29 is 9.53 Å². The number of rotatable bonds is 5. The maximum Gasteiger partial charge on any atom is 0.410 e. The number of carbonyl (C=O) groups is 1. The lowest BCUT2D eigenvalue weighted by molar-refractivity contribution is 0.0366. The Morgan fingerprint density at radius 3 is 2.66 bits per heavy atom. The van der Waals surface area contributed by atoms with Gasteiger partial charge in [-0.05, 0) is 34.0 Å². The summed E-state index contributed by atoms with van der Waals surface area (Å²) in [6.45, 7) is 8.06. The average molecular weight is 404 g/mol. The summed E-state index contributed by atoms with van der Waals surface area (Å²) in [6.07, 6.45) is 2.66. The van der Waals surface area contributed by atoms with Gasteiger partial charge in [0.2, 0.25) is 5.95 Å². The molecule has 3 saturated heterocycles. The molecule has 0 unspecified atom stereocenters. The summed E-state index contributed by atoms with van der Waals surface area (Å²) in [4.78, 5) is 29.8. The second-order valence-electron chi connectivity index (χ2n) is 8.89. The molecule has 0 saturated carbocycles. The summed E-state index contributed by atoms with van der Waals surface area (Å²) in [7, 11) is 4.28. The SMILES string of the molecule is Cc1cc(N2CCC3(CC2)CN(CCN2CC[C@@H](N(C)C)C2)C(=O)O3)nc(N)n1. The van der Waals surface area contributed by atoms with Crippen LogP contribution >= 0.6 is 0 Å². The molecule has 3 aliphatic heterocycles. The van der Waals surface area contributed by atoms with Gasteiger partial charge in [0.05, 0.1) is 6.54 Å². The number of likely N-dealkylation sites (tertiary alicyclic amines) is 1. The van der Waals surface area contributed by atoms with Gasteiger partial charge in [-0.15, -0.1) is 0 Å². The van der Waals surface area contributed by atoms with Gasteiger partial charge in [-0.1, -0.05) is 0 Å².